The molecule has 2 aliphatic heterocycles. The second kappa shape index (κ2) is 15.0. The van der Waals surface area contributed by atoms with Crippen LogP contribution in [0.3, 0.4) is 0 Å². The number of rotatable bonds is 7. The van der Waals surface area contributed by atoms with Crippen LogP contribution in [0.25, 0.3) is 14.7 Å². The highest BCUT2D eigenvalue weighted by atomic mass is 35.5. The molecule has 3 aliphatic rings. The van der Waals surface area contributed by atoms with Crippen LogP contribution in [-0.4, -0.2) is 4.86 Å². The van der Waals surface area contributed by atoms with E-state index in [2.05, 4.69) is 170 Å². The van der Waals surface area contributed by atoms with Crippen molar-refractivity contribution >= 4 is 54.3 Å². The first-order chi connectivity index (χ1) is 23.2. The highest BCUT2D eigenvalue weighted by Crippen LogP contribution is 2.44. The van der Waals surface area contributed by atoms with E-state index in [9.17, 15) is 0 Å². The Balaban J connectivity index is 1.19. The van der Waals surface area contributed by atoms with Crippen LogP contribution in [0.2, 0.25) is 0 Å². The largest absolute Gasteiger partial charge is 0.161 e. The molecule has 3 heteroatoms. The zero-order valence-electron chi connectivity index (χ0n) is 26.0. The van der Waals surface area contributed by atoms with Crippen LogP contribution in [0.5, 0.6) is 0 Å². The summed E-state index contributed by atoms with van der Waals surface area (Å²) in [5.41, 5.74) is 9.73. The molecule has 0 N–H and O–H groups in total. The first-order valence-corrected chi connectivity index (χ1v) is 18.1. The highest BCUT2D eigenvalue weighted by molar-refractivity contribution is 8.16. The molecule has 230 valence electrons. The van der Waals surface area contributed by atoms with Crippen LogP contribution in [-0.2, 0) is 0 Å². The molecule has 7 rings (SSSR count). The van der Waals surface area contributed by atoms with E-state index in [4.69, 9.17) is 11.6 Å². The fourth-order valence-electron chi connectivity index (χ4n) is 5.87. The van der Waals surface area contributed by atoms with E-state index in [-0.39, 0.29) is 0 Å². The Labute approximate surface area is 291 Å². The van der Waals surface area contributed by atoms with Crippen molar-refractivity contribution in [2.45, 2.75) is 19.3 Å². The molecule has 2 heterocycles. The molecular weight excluding hydrogens is 628 g/mol. The molecule has 0 saturated carbocycles. The number of halogens is 1. The molecule has 0 radical (unpaired) electrons. The van der Waals surface area contributed by atoms with Crippen LogP contribution in [0.1, 0.15) is 41.5 Å². The lowest BCUT2D eigenvalue weighted by molar-refractivity contribution is 0.792. The lowest BCUT2D eigenvalue weighted by Crippen LogP contribution is -2.00. The normalized spacial score (nSPS) is 17.8. The van der Waals surface area contributed by atoms with Crippen molar-refractivity contribution in [2.24, 2.45) is 0 Å². The number of thioether (sulfide) groups is 1. The van der Waals surface area contributed by atoms with Gasteiger partial charge in [0.05, 0.1) is 0 Å². The van der Waals surface area contributed by atoms with Crippen molar-refractivity contribution in [1.82, 2.24) is 0 Å². The van der Waals surface area contributed by atoms with Crippen molar-refractivity contribution in [2.75, 3.05) is 0 Å². The molecule has 0 saturated heterocycles. The average Bonchev–Trinajstić information content (AvgIpc) is 3.15. The monoisotopic (exact) mass is 662 g/mol. The minimum Gasteiger partial charge on any atom is -0.161 e. The third-order valence-corrected chi connectivity index (χ3v) is 11.2. The van der Waals surface area contributed by atoms with Gasteiger partial charge >= 0.3 is 0 Å². The highest BCUT2D eigenvalue weighted by Gasteiger charge is 2.17. The van der Waals surface area contributed by atoms with Crippen molar-refractivity contribution in [3.8, 4) is 0 Å². The van der Waals surface area contributed by atoms with E-state index >= 15 is 0 Å². The van der Waals surface area contributed by atoms with Gasteiger partial charge in [-0.3, -0.25) is 0 Å². The van der Waals surface area contributed by atoms with Crippen LogP contribution in [0.15, 0.2) is 197 Å². The Morgan fingerprint density at radius 2 is 1.11 bits per heavy atom. The molecular formula is C44H35ClS2. The molecule has 4 aromatic rings. The van der Waals surface area contributed by atoms with Gasteiger partial charge in [0.15, 0.2) is 0 Å². The zero-order chi connectivity index (χ0) is 31.8. The molecule has 0 aromatic heterocycles. The van der Waals surface area contributed by atoms with E-state index in [1.165, 1.54) is 75.5 Å². The van der Waals surface area contributed by atoms with Crippen molar-refractivity contribution in [1.29, 1.82) is 0 Å². The molecule has 0 spiro atoms. The van der Waals surface area contributed by atoms with Gasteiger partial charge in [0.2, 0.25) is 0 Å². The van der Waals surface area contributed by atoms with Crippen molar-refractivity contribution in [3.05, 3.63) is 220 Å². The van der Waals surface area contributed by atoms with E-state index in [0.717, 1.165) is 24.3 Å². The topological polar surface area (TPSA) is 0 Å². The van der Waals surface area contributed by atoms with Gasteiger partial charge in [0.25, 0.3) is 0 Å². The van der Waals surface area contributed by atoms with E-state index in [1.807, 2.05) is 11.8 Å². The minimum atomic E-state index is 0.878. The summed E-state index contributed by atoms with van der Waals surface area (Å²) in [6.45, 7) is 0. The van der Waals surface area contributed by atoms with Crippen LogP contribution < -0.4 is 0 Å². The fourth-order valence-corrected chi connectivity index (χ4v) is 8.56. The standard InChI is InChI=1S/C44H35ClS2/c45-44-38(26-24-32-28-40(34-14-5-1-6-15-34)46-41(29-32)35-16-7-2-8-17-35)22-13-23-39(44)27-25-33-30-42(36-18-9-3-10-19-36)47-43(31-33)37-20-11-4-12-21-37/h1-12,14-21,24-31,46H,13,22-23H2/b26-24+,39-27+. The van der Waals surface area contributed by atoms with E-state index in [0.29, 0.717) is 0 Å². The summed E-state index contributed by atoms with van der Waals surface area (Å²) < 4.78 is 0. The van der Waals surface area contributed by atoms with Gasteiger partial charge in [-0.05, 0) is 88.1 Å². The Bertz CT molecular complexity index is 1940. The lowest BCUT2D eigenvalue weighted by atomic mass is 9.93. The predicted molar refractivity (Wildman–Crippen MR) is 211 cm³/mol. The maximum absolute atomic E-state index is 7.14. The van der Waals surface area contributed by atoms with Crippen LogP contribution in [0.4, 0.5) is 0 Å². The summed E-state index contributed by atoms with van der Waals surface area (Å²) in [4.78, 5) is 5.11. The predicted octanol–water partition coefficient (Wildman–Crippen LogP) is 12.6. The lowest BCUT2D eigenvalue weighted by Gasteiger charge is -2.18. The quantitative estimate of drug-likeness (QED) is 0.152. The second-order valence-electron chi connectivity index (χ2n) is 11.6. The first kappa shape index (κ1) is 31.3. The number of benzene rings is 4. The van der Waals surface area contributed by atoms with Gasteiger partial charge in [-0.1, -0.05) is 169 Å². The van der Waals surface area contributed by atoms with Crippen molar-refractivity contribution < 1.29 is 0 Å². The number of hydrogen-bond acceptors (Lipinski definition) is 1. The fraction of sp³-hybridized carbons (Fsp3) is 0.0682. The Morgan fingerprint density at radius 1 is 0.553 bits per heavy atom. The van der Waals surface area contributed by atoms with Gasteiger partial charge in [-0.2, -0.15) is 11.4 Å². The Kier molecular flexibility index (Phi) is 10.0. The van der Waals surface area contributed by atoms with E-state index in [1.54, 1.807) is 0 Å². The van der Waals surface area contributed by atoms with Crippen LogP contribution in [0, 0.1) is 0 Å². The van der Waals surface area contributed by atoms with Crippen molar-refractivity contribution in [3.63, 3.8) is 0 Å². The summed E-state index contributed by atoms with van der Waals surface area (Å²) in [5.74, 6) is 0. The molecule has 47 heavy (non-hydrogen) atoms. The summed E-state index contributed by atoms with van der Waals surface area (Å²) in [7, 11) is 0. The SMILES string of the molecule is ClC1=C(/C=C/C2=CC(c3ccccc3)=[SH]C(c3ccccc3)=C2)CCC/C1=C\C=C1C=C(c2ccccc2)SC(c2ccccc2)=C1. The smallest absolute Gasteiger partial charge is 0.0469 e. The summed E-state index contributed by atoms with van der Waals surface area (Å²) in [5, 5.41) is 0.878. The number of hydrogen-bond donors (Lipinski definition) is 1. The van der Waals surface area contributed by atoms with Gasteiger partial charge in [-0.15, -0.1) is 0 Å². The molecule has 4 aromatic carbocycles. The maximum Gasteiger partial charge on any atom is 0.0469 e. The minimum absolute atomic E-state index is 0.878. The first-order valence-electron chi connectivity index (χ1n) is 16.0. The molecule has 1 aliphatic carbocycles. The Morgan fingerprint density at radius 3 is 1.70 bits per heavy atom. The molecule has 0 fully saturated rings. The summed E-state index contributed by atoms with van der Waals surface area (Å²) in [6, 6.07) is 42.7. The number of allylic oxidation sites excluding steroid dienone is 13. The average molecular weight is 663 g/mol. The van der Waals surface area contributed by atoms with Gasteiger partial charge in [0, 0.05) is 24.6 Å². The third kappa shape index (κ3) is 7.80. The molecule has 0 nitrogen and oxygen atoms in total. The Hall–Kier alpha value is -4.34. The summed E-state index contributed by atoms with van der Waals surface area (Å²) >= 11 is 10.2. The zero-order valence-corrected chi connectivity index (χ0v) is 28.5. The molecule has 0 bridgehead atoms. The van der Waals surface area contributed by atoms with Gasteiger partial charge in [-0.25, -0.2) is 0 Å². The number of thiol groups is 1. The third-order valence-electron chi connectivity index (χ3n) is 8.33. The summed E-state index contributed by atoms with van der Waals surface area (Å²) in [6.07, 6.45) is 21.2. The van der Waals surface area contributed by atoms with Crippen LogP contribution >= 0.6 is 34.7 Å². The van der Waals surface area contributed by atoms with E-state index < -0.39 is 0 Å². The second-order valence-corrected chi connectivity index (χ2v) is 14.3. The van der Waals surface area contributed by atoms with Gasteiger partial charge in [0.1, 0.15) is 0 Å². The molecule has 0 amide bonds. The molecule has 0 atom stereocenters. The maximum atomic E-state index is 7.14. The van der Waals surface area contributed by atoms with Gasteiger partial charge < -0.3 is 0 Å². The molecule has 0 unspecified atom stereocenters.